The first-order chi connectivity index (χ1) is 8.52. The lowest BCUT2D eigenvalue weighted by molar-refractivity contribution is -0.393. The Labute approximate surface area is 103 Å². The summed E-state index contributed by atoms with van der Waals surface area (Å²) in [5.41, 5.74) is 0.439. The number of nitro groups is 1. The number of aliphatic hydroxyl groups excluding tert-OH is 1. The summed E-state index contributed by atoms with van der Waals surface area (Å²) in [4.78, 5) is 26.8. The molecule has 0 bridgehead atoms. The van der Waals surface area contributed by atoms with Crippen molar-refractivity contribution in [3.8, 4) is 0 Å². The highest BCUT2D eigenvalue weighted by atomic mass is 16.6. The monoisotopic (exact) mass is 254 g/mol. The fourth-order valence-corrected chi connectivity index (χ4v) is 1.30. The molecular weight excluding hydrogens is 240 g/mol. The lowest BCUT2D eigenvalue weighted by Gasteiger charge is -2.08. The van der Waals surface area contributed by atoms with E-state index in [0.29, 0.717) is 5.69 Å². The van der Waals surface area contributed by atoms with Gasteiger partial charge in [-0.05, 0) is 17.9 Å². The van der Waals surface area contributed by atoms with Gasteiger partial charge in [-0.2, -0.15) is 0 Å². The van der Waals surface area contributed by atoms with E-state index in [2.05, 4.69) is 15.3 Å². The van der Waals surface area contributed by atoms with Crippen molar-refractivity contribution in [2.24, 2.45) is 0 Å². The van der Waals surface area contributed by atoms with Crippen molar-refractivity contribution in [3.05, 3.63) is 34.2 Å². The Balaban J connectivity index is 2.41. The molecule has 1 amide bonds. The van der Waals surface area contributed by atoms with Crippen LogP contribution in [-0.2, 0) is 11.2 Å². The summed E-state index contributed by atoms with van der Waals surface area (Å²) in [6.45, 7) is 1.77. The maximum absolute atomic E-state index is 11.1. The first-order valence-electron chi connectivity index (χ1n) is 5.29. The van der Waals surface area contributed by atoms with E-state index in [4.69, 9.17) is 0 Å². The van der Waals surface area contributed by atoms with Crippen molar-refractivity contribution in [1.29, 1.82) is 0 Å². The molecule has 1 aromatic rings. The van der Waals surface area contributed by atoms with E-state index in [1.54, 1.807) is 13.0 Å². The Kier molecular flexibility index (Phi) is 5.00. The van der Waals surface area contributed by atoms with Crippen molar-refractivity contribution in [2.45, 2.75) is 19.4 Å². The van der Waals surface area contributed by atoms with Crippen LogP contribution in [0.5, 0.6) is 0 Å². The quantitative estimate of drug-likeness (QED) is 0.372. The second-order valence-corrected chi connectivity index (χ2v) is 3.59. The molecule has 0 aliphatic carbocycles. The molecule has 0 radical (unpaired) electrons. The largest absolute Gasteiger partial charge is 0.432 e. The Hall–Kier alpha value is -2.22. The van der Waals surface area contributed by atoms with Crippen LogP contribution < -0.4 is 5.32 Å². The van der Waals surface area contributed by atoms with Crippen LogP contribution in [0.4, 0.5) is 5.95 Å². The molecular formula is C10H14N4O4. The van der Waals surface area contributed by atoms with E-state index < -0.39 is 11.0 Å². The second kappa shape index (κ2) is 6.50. The molecule has 3 N–H and O–H groups in total. The van der Waals surface area contributed by atoms with Crippen molar-refractivity contribution in [2.75, 3.05) is 6.54 Å². The molecule has 18 heavy (non-hydrogen) atoms. The summed E-state index contributed by atoms with van der Waals surface area (Å²) in [6.07, 6.45) is 3.53. The molecule has 98 valence electrons. The van der Waals surface area contributed by atoms with Crippen LogP contribution in [0.1, 0.15) is 12.6 Å². The minimum Gasteiger partial charge on any atom is -0.391 e. The average molecular weight is 254 g/mol. The van der Waals surface area contributed by atoms with Gasteiger partial charge in [-0.1, -0.05) is 11.1 Å². The van der Waals surface area contributed by atoms with Gasteiger partial charge in [0.1, 0.15) is 11.9 Å². The molecule has 0 spiro atoms. The molecule has 0 aromatic carbocycles. The lowest BCUT2D eigenvalue weighted by Crippen LogP contribution is -2.32. The minimum atomic E-state index is -0.834. The van der Waals surface area contributed by atoms with Crippen LogP contribution in [0, 0.1) is 10.1 Å². The fraction of sp³-hybridized carbons (Fsp3) is 0.400. The smallest absolute Gasteiger partial charge is 0.391 e. The average Bonchev–Trinajstić information content (AvgIpc) is 2.75. The number of aliphatic hydroxyl groups is 1. The van der Waals surface area contributed by atoms with Gasteiger partial charge in [0.15, 0.2) is 0 Å². The number of carbonyl (C=O) groups is 1. The Bertz CT molecular complexity index is 454. The third-order valence-corrected chi connectivity index (χ3v) is 2.07. The van der Waals surface area contributed by atoms with E-state index in [1.165, 1.54) is 12.3 Å². The molecule has 1 aromatic heterocycles. The highest BCUT2D eigenvalue weighted by Crippen LogP contribution is 2.06. The summed E-state index contributed by atoms with van der Waals surface area (Å²) in [5.74, 6) is -0.665. The van der Waals surface area contributed by atoms with Crippen LogP contribution in [0.15, 0.2) is 18.3 Å². The molecule has 0 saturated heterocycles. The predicted molar refractivity (Wildman–Crippen MR) is 62.8 cm³/mol. The van der Waals surface area contributed by atoms with Gasteiger partial charge < -0.3 is 20.5 Å². The predicted octanol–water partition coefficient (Wildman–Crippen LogP) is -0.0864. The Morgan fingerprint density at radius 3 is 3.06 bits per heavy atom. The number of nitrogens with zero attached hydrogens (tertiary/aromatic N) is 2. The van der Waals surface area contributed by atoms with Crippen LogP contribution in [0.25, 0.3) is 0 Å². The van der Waals surface area contributed by atoms with E-state index >= 15 is 0 Å². The number of carbonyl (C=O) groups excluding carboxylic acids is 1. The number of rotatable bonds is 6. The third kappa shape index (κ3) is 4.34. The van der Waals surface area contributed by atoms with Crippen LogP contribution >= 0.6 is 0 Å². The summed E-state index contributed by atoms with van der Waals surface area (Å²) in [6, 6.07) is 0. The maximum atomic E-state index is 11.1. The first kappa shape index (κ1) is 13.8. The van der Waals surface area contributed by atoms with Crippen LogP contribution in [0.2, 0.25) is 0 Å². The molecule has 0 saturated carbocycles. The van der Waals surface area contributed by atoms with Crippen molar-refractivity contribution in [1.82, 2.24) is 15.3 Å². The number of H-pyrrole nitrogens is 1. The molecule has 1 unspecified atom stereocenters. The van der Waals surface area contributed by atoms with Crippen molar-refractivity contribution < 1.29 is 14.8 Å². The van der Waals surface area contributed by atoms with E-state index in [1.807, 2.05) is 0 Å². The maximum Gasteiger partial charge on any atom is 0.432 e. The summed E-state index contributed by atoms with van der Waals surface area (Å²) in [7, 11) is 0. The van der Waals surface area contributed by atoms with Gasteiger partial charge in [-0.15, -0.1) is 0 Å². The van der Waals surface area contributed by atoms with E-state index in [-0.39, 0.29) is 24.8 Å². The number of amides is 1. The summed E-state index contributed by atoms with van der Waals surface area (Å²) in [5, 5.41) is 22.5. The van der Waals surface area contributed by atoms with Gasteiger partial charge in [0.2, 0.25) is 5.91 Å². The molecule has 0 aliphatic heterocycles. The number of imidazole rings is 1. The fourth-order valence-electron chi connectivity index (χ4n) is 1.30. The van der Waals surface area contributed by atoms with Crippen molar-refractivity contribution in [3.63, 3.8) is 0 Å². The zero-order chi connectivity index (χ0) is 13.5. The number of allylic oxidation sites excluding steroid dienone is 1. The van der Waals surface area contributed by atoms with Crippen molar-refractivity contribution >= 4 is 11.9 Å². The Morgan fingerprint density at radius 1 is 1.78 bits per heavy atom. The van der Waals surface area contributed by atoms with E-state index in [0.717, 1.165) is 0 Å². The van der Waals surface area contributed by atoms with Crippen LogP contribution in [0.3, 0.4) is 0 Å². The molecule has 1 heterocycles. The van der Waals surface area contributed by atoms with Gasteiger partial charge in [-0.3, -0.25) is 4.79 Å². The molecule has 0 aliphatic rings. The number of aromatic amines is 1. The molecule has 8 nitrogen and oxygen atoms in total. The van der Waals surface area contributed by atoms with Gasteiger partial charge in [0.25, 0.3) is 0 Å². The highest BCUT2D eigenvalue weighted by Gasteiger charge is 2.14. The Morgan fingerprint density at radius 2 is 2.50 bits per heavy atom. The summed E-state index contributed by atoms with van der Waals surface area (Å²) < 4.78 is 0. The molecule has 1 rings (SSSR count). The van der Waals surface area contributed by atoms with E-state index in [9.17, 15) is 20.0 Å². The number of nitrogens with one attached hydrogen (secondary N) is 2. The number of hydrogen-bond donors (Lipinski definition) is 3. The summed E-state index contributed by atoms with van der Waals surface area (Å²) >= 11 is 0. The zero-order valence-corrected chi connectivity index (χ0v) is 9.79. The molecule has 8 heteroatoms. The van der Waals surface area contributed by atoms with Gasteiger partial charge >= 0.3 is 5.95 Å². The lowest BCUT2D eigenvalue weighted by atomic mass is 10.2. The topological polar surface area (TPSA) is 121 Å². The van der Waals surface area contributed by atoms with Gasteiger partial charge in [0.05, 0.1) is 6.10 Å². The third-order valence-electron chi connectivity index (χ3n) is 2.07. The molecule has 0 fully saturated rings. The van der Waals surface area contributed by atoms with Gasteiger partial charge in [0, 0.05) is 13.0 Å². The highest BCUT2D eigenvalue weighted by molar-refractivity contribution is 5.87. The first-order valence-corrected chi connectivity index (χ1v) is 5.29. The minimum absolute atomic E-state index is 0.0655. The number of hydrogen-bond acceptors (Lipinski definition) is 5. The molecule has 1 atom stereocenters. The number of aromatic nitrogens is 2. The van der Waals surface area contributed by atoms with Crippen LogP contribution in [-0.4, -0.2) is 38.6 Å². The standard InChI is InChI=1S/C10H14N4O4/c1-2-3-9(16)11-6-8(15)4-7-5-12-10(13-7)14(17)18/h2-3,5,8,15H,4,6H2,1H3,(H,11,16)(H,12,13)/b3-2+. The normalized spacial score (nSPS) is 12.6. The zero-order valence-electron chi connectivity index (χ0n) is 9.79. The SMILES string of the molecule is C/C=C/C(=O)NCC(O)Cc1cnc([N+](=O)[O-])[nH]1. The van der Waals surface area contributed by atoms with Gasteiger partial charge in [-0.25, -0.2) is 4.98 Å². The second-order valence-electron chi connectivity index (χ2n) is 3.59.